The van der Waals surface area contributed by atoms with Gasteiger partial charge in [0.05, 0.1) is 17.2 Å². The minimum atomic E-state index is 0.0780. The van der Waals surface area contributed by atoms with Crippen molar-refractivity contribution in [2.24, 2.45) is 0 Å². The lowest BCUT2D eigenvalue weighted by Gasteiger charge is -2.14. The van der Waals surface area contributed by atoms with Gasteiger partial charge in [-0.3, -0.25) is 4.98 Å². The number of aryl methyl sites for hydroxylation is 1. The van der Waals surface area contributed by atoms with Gasteiger partial charge < -0.3 is 9.73 Å². The second-order valence-electron chi connectivity index (χ2n) is 4.84. The van der Waals surface area contributed by atoms with Crippen LogP contribution < -0.4 is 5.32 Å². The molecule has 1 unspecified atom stereocenters. The summed E-state index contributed by atoms with van der Waals surface area (Å²) in [5.41, 5.74) is 3.02. The van der Waals surface area contributed by atoms with Crippen molar-refractivity contribution in [3.63, 3.8) is 0 Å². The van der Waals surface area contributed by atoms with Crippen molar-refractivity contribution in [2.45, 2.75) is 19.9 Å². The van der Waals surface area contributed by atoms with Crippen LogP contribution in [0.25, 0.3) is 10.9 Å². The minimum Gasteiger partial charge on any atom is -0.452 e. The molecule has 0 saturated carbocycles. The molecule has 0 bridgehead atoms. The Morgan fingerprint density at radius 1 is 1.15 bits per heavy atom. The van der Waals surface area contributed by atoms with Crippen LogP contribution in [-0.4, -0.2) is 4.98 Å². The fourth-order valence-electron chi connectivity index (χ4n) is 2.23. The Labute approximate surface area is 126 Å². The molecule has 2 heterocycles. The lowest BCUT2D eigenvalue weighted by molar-refractivity contribution is 0.471. The maximum absolute atomic E-state index is 5.59. The summed E-state index contributed by atoms with van der Waals surface area (Å²) in [6, 6.07) is 14.2. The predicted octanol–water partition coefficient (Wildman–Crippen LogP) is 5.07. The molecule has 3 aromatic rings. The molecule has 1 N–H and O–H groups in total. The molecular weight excluding hydrogens is 316 g/mol. The van der Waals surface area contributed by atoms with Crippen LogP contribution in [0.5, 0.6) is 0 Å². The number of nitrogens with zero attached hydrogens (tertiary/aromatic N) is 1. The number of aromatic nitrogens is 1. The molecule has 1 aromatic carbocycles. The Kier molecular flexibility index (Phi) is 3.49. The molecule has 4 heteroatoms. The number of halogens is 1. The van der Waals surface area contributed by atoms with Crippen LogP contribution in [0.3, 0.4) is 0 Å². The molecule has 0 spiro atoms. The van der Waals surface area contributed by atoms with E-state index in [-0.39, 0.29) is 6.04 Å². The van der Waals surface area contributed by atoms with Crippen molar-refractivity contribution in [3.8, 4) is 0 Å². The molecule has 0 aliphatic rings. The van der Waals surface area contributed by atoms with Crippen molar-refractivity contribution < 1.29 is 4.42 Å². The summed E-state index contributed by atoms with van der Waals surface area (Å²) in [5, 5.41) is 4.60. The van der Waals surface area contributed by atoms with Crippen LogP contribution in [0.15, 0.2) is 51.6 Å². The van der Waals surface area contributed by atoms with Crippen molar-refractivity contribution in [2.75, 3.05) is 5.32 Å². The van der Waals surface area contributed by atoms with E-state index in [0.29, 0.717) is 0 Å². The van der Waals surface area contributed by atoms with Gasteiger partial charge in [0.25, 0.3) is 0 Å². The first-order chi connectivity index (χ1) is 9.63. The van der Waals surface area contributed by atoms with Gasteiger partial charge in [0.15, 0.2) is 4.67 Å². The second-order valence-corrected chi connectivity index (χ2v) is 5.62. The lowest BCUT2D eigenvalue weighted by Crippen LogP contribution is -2.06. The summed E-state index contributed by atoms with van der Waals surface area (Å²) in [6.07, 6.45) is 0. The highest BCUT2D eigenvalue weighted by molar-refractivity contribution is 9.10. The van der Waals surface area contributed by atoms with E-state index in [1.165, 1.54) is 0 Å². The van der Waals surface area contributed by atoms with E-state index in [4.69, 9.17) is 4.42 Å². The van der Waals surface area contributed by atoms with Crippen LogP contribution in [0.1, 0.15) is 24.4 Å². The fraction of sp³-hybridized carbons (Fsp3) is 0.188. The van der Waals surface area contributed by atoms with E-state index in [1.54, 1.807) is 0 Å². The first kappa shape index (κ1) is 13.2. The second kappa shape index (κ2) is 5.29. The Balaban J connectivity index is 1.96. The van der Waals surface area contributed by atoms with E-state index in [1.807, 2.05) is 37.3 Å². The average Bonchev–Trinajstić information content (AvgIpc) is 2.86. The van der Waals surface area contributed by atoms with Gasteiger partial charge in [0, 0.05) is 11.1 Å². The van der Waals surface area contributed by atoms with Crippen LogP contribution in [0.4, 0.5) is 5.69 Å². The van der Waals surface area contributed by atoms with E-state index in [0.717, 1.165) is 32.7 Å². The molecule has 2 aromatic heterocycles. The van der Waals surface area contributed by atoms with E-state index < -0.39 is 0 Å². The summed E-state index contributed by atoms with van der Waals surface area (Å²) in [4.78, 5) is 4.63. The smallest absolute Gasteiger partial charge is 0.169 e. The normalized spacial score (nSPS) is 12.6. The quantitative estimate of drug-likeness (QED) is 0.728. The monoisotopic (exact) mass is 330 g/mol. The number of anilines is 1. The van der Waals surface area contributed by atoms with Gasteiger partial charge in [-0.2, -0.15) is 0 Å². The highest BCUT2D eigenvalue weighted by atomic mass is 79.9. The van der Waals surface area contributed by atoms with Gasteiger partial charge >= 0.3 is 0 Å². The first-order valence-corrected chi connectivity index (χ1v) is 7.31. The number of hydrogen-bond donors (Lipinski definition) is 1. The maximum atomic E-state index is 5.59. The van der Waals surface area contributed by atoms with E-state index in [2.05, 4.69) is 45.3 Å². The molecule has 20 heavy (non-hydrogen) atoms. The maximum Gasteiger partial charge on any atom is 0.169 e. The fourth-order valence-corrected chi connectivity index (χ4v) is 2.55. The summed E-state index contributed by atoms with van der Waals surface area (Å²) in [6.45, 7) is 4.07. The van der Waals surface area contributed by atoms with Crippen LogP contribution in [-0.2, 0) is 0 Å². The number of pyridine rings is 1. The standard InChI is InChI=1S/C16H15BrN2O/c1-10-6-7-12-4-3-5-13(16(12)18-10)19-11(2)14-8-9-15(17)20-14/h3-9,11,19H,1-2H3. The molecule has 0 aliphatic heterocycles. The highest BCUT2D eigenvalue weighted by Gasteiger charge is 2.11. The summed E-state index contributed by atoms with van der Waals surface area (Å²) in [7, 11) is 0. The number of nitrogens with one attached hydrogen (secondary N) is 1. The first-order valence-electron chi connectivity index (χ1n) is 6.51. The van der Waals surface area contributed by atoms with E-state index >= 15 is 0 Å². The van der Waals surface area contributed by atoms with Gasteiger partial charge in [-0.25, -0.2) is 0 Å². The summed E-state index contributed by atoms with van der Waals surface area (Å²) < 4.78 is 6.33. The Morgan fingerprint density at radius 3 is 2.75 bits per heavy atom. The molecule has 3 rings (SSSR count). The number of hydrogen-bond acceptors (Lipinski definition) is 3. The Morgan fingerprint density at radius 2 is 2.00 bits per heavy atom. The largest absolute Gasteiger partial charge is 0.452 e. The van der Waals surface area contributed by atoms with Crippen molar-refractivity contribution in [1.29, 1.82) is 0 Å². The van der Waals surface area contributed by atoms with Gasteiger partial charge in [0.1, 0.15) is 5.76 Å². The molecule has 0 radical (unpaired) electrons. The zero-order valence-electron chi connectivity index (χ0n) is 11.4. The molecule has 1 atom stereocenters. The van der Waals surface area contributed by atoms with E-state index in [9.17, 15) is 0 Å². The summed E-state index contributed by atoms with van der Waals surface area (Å²) in [5.74, 6) is 0.890. The van der Waals surface area contributed by atoms with Gasteiger partial charge in [-0.1, -0.05) is 18.2 Å². The third-order valence-electron chi connectivity index (χ3n) is 3.25. The average molecular weight is 331 g/mol. The molecule has 0 saturated heterocycles. The number of rotatable bonds is 3. The van der Waals surface area contributed by atoms with Gasteiger partial charge in [0.2, 0.25) is 0 Å². The van der Waals surface area contributed by atoms with Crippen molar-refractivity contribution in [3.05, 3.63) is 58.6 Å². The van der Waals surface area contributed by atoms with Crippen LogP contribution in [0, 0.1) is 6.92 Å². The molecular formula is C16H15BrN2O. The highest BCUT2D eigenvalue weighted by Crippen LogP contribution is 2.27. The zero-order valence-corrected chi connectivity index (χ0v) is 12.9. The molecule has 0 amide bonds. The van der Waals surface area contributed by atoms with Gasteiger partial charge in [-0.15, -0.1) is 0 Å². The third kappa shape index (κ3) is 2.56. The number of para-hydroxylation sites is 1. The molecule has 3 nitrogen and oxygen atoms in total. The third-order valence-corrected chi connectivity index (χ3v) is 3.68. The molecule has 102 valence electrons. The van der Waals surface area contributed by atoms with Crippen LogP contribution in [0.2, 0.25) is 0 Å². The van der Waals surface area contributed by atoms with Crippen molar-refractivity contribution in [1.82, 2.24) is 4.98 Å². The van der Waals surface area contributed by atoms with Gasteiger partial charge in [-0.05, 0) is 54.0 Å². The Bertz CT molecular complexity index is 751. The molecule has 0 aliphatic carbocycles. The lowest BCUT2D eigenvalue weighted by atomic mass is 10.1. The Hall–Kier alpha value is -1.81. The molecule has 0 fully saturated rings. The number of furan rings is 1. The number of benzene rings is 1. The van der Waals surface area contributed by atoms with Crippen LogP contribution >= 0.6 is 15.9 Å². The SMILES string of the molecule is Cc1ccc2cccc(NC(C)c3ccc(Br)o3)c2n1. The summed E-state index contributed by atoms with van der Waals surface area (Å²) >= 11 is 3.33. The zero-order chi connectivity index (χ0) is 14.1. The topological polar surface area (TPSA) is 38.1 Å². The minimum absolute atomic E-state index is 0.0780. The van der Waals surface area contributed by atoms with Crippen molar-refractivity contribution >= 4 is 32.5 Å². The predicted molar refractivity (Wildman–Crippen MR) is 84.9 cm³/mol. The number of fused-ring (bicyclic) bond motifs is 1.